The van der Waals surface area contributed by atoms with E-state index in [1.807, 2.05) is 54.6 Å². The highest BCUT2D eigenvalue weighted by Crippen LogP contribution is 2.33. The molecule has 7 heteroatoms. The second kappa shape index (κ2) is 10.1. The van der Waals surface area contributed by atoms with Crippen LogP contribution in [0.25, 0.3) is 21.5 Å². The van der Waals surface area contributed by atoms with Crippen LogP contribution >= 0.6 is 11.3 Å². The Morgan fingerprint density at radius 3 is 2.60 bits per heavy atom. The molecular formula is C28H29N3O3S. The number of aromatic nitrogens is 2. The molecule has 0 bridgehead atoms. The first kappa shape index (κ1) is 23.5. The Balaban J connectivity index is 1.31. The minimum atomic E-state index is -0.208. The second-order valence-corrected chi connectivity index (χ2v) is 10.4. The molecule has 2 atom stereocenters. The van der Waals surface area contributed by atoms with Crippen molar-refractivity contribution in [3.63, 3.8) is 0 Å². The zero-order valence-corrected chi connectivity index (χ0v) is 20.8. The van der Waals surface area contributed by atoms with Crippen LogP contribution < -0.4 is 4.74 Å². The van der Waals surface area contributed by atoms with Gasteiger partial charge in [-0.1, -0.05) is 25.0 Å². The lowest BCUT2D eigenvalue weighted by Gasteiger charge is -2.26. The molecule has 1 aliphatic rings. The van der Waals surface area contributed by atoms with Crippen molar-refractivity contribution in [1.82, 2.24) is 14.9 Å². The number of aliphatic hydroxyl groups is 1. The number of amides is 1. The predicted molar refractivity (Wildman–Crippen MR) is 139 cm³/mol. The average molecular weight is 488 g/mol. The van der Waals surface area contributed by atoms with Gasteiger partial charge in [0.1, 0.15) is 11.5 Å². The van der Waals surface area contributed by atoms with Gasteiger partial charge in [0, 0.05) is 50.0 Å². The molecule has 0 radical (unpaired) electrons. The van der Waals surface area contributed by atoms with E-state index in [0.717, 1.165) is 57.9 Å². The van der Waals surface area contributed by atoms with Crippen LogP contribution in [0.15, 0.2) is 60.8 Å². The van der Waals surface area contributed by atoms with Crippen molar-refractivity contribution in [3.8, 4) is 22.8 Å². The lowest BCUT2D eigenvalue weighted by molar-refractivity contribution is 0.0700. The van der Waals surface area contributed by atoms with Gasteiger partial charge in [-0.3, -0.25) is 9.78 Å². The van der Waals surface area contributed by atoms with Gasteiger partial charge in [0.25, 0.3) is 5.91 Å². The molecule has 180 valence electrons. The summed E-state index contributed by atoms with van der Waals surface area (Å²) in [5, 5.41) is 11.4. The highest BCUT2D eigenvalue weighted by molar-refractivity contribution is 7.18. The molecule has 1 N–H and O–H groups in total. The molecule has 1 fully saturated rings. The van der Waals surface area contributed by atoms with E-state index >= 15 is 0 Å². The molecule has 4 aromatic rings. The van der Waals surface area contributed by atoms with Gasteiger partial charge < -0.3 is 14.7 Å². The van der Waals surface area contributed by atoms with Crippen LogP contribution in [0.3, 0.4) is 0 Å². The average Bonchev–Trinajstić information content (AvgIpc) is 3.27. The summed E-state index contributed by atoms with van der Waals surface area (Å²) < 4.78 is 7.24. The monoisotopic (exact) mass is 487 g/mol. The fraction of sp³-hybridized carbons (Fsp3) is 0.321. The van der Waals surface area contributed by atoms with Gasteiger partial charge in [-0.25, -0.2) is 4.98 Å². The van der Waals surface area contributed by atoms with Crippen molar-refractivity contribution in [2.75, 3.05) is 14.1 Å². The number of hydrogen-bond donors (Lipinski definition) is 1. The van der Waals surface area contributed by atoms with E-state index in [0.29, 0.717) is 17.2 Å². The van der Waals surface area contributed by atoms with Gasteiger partial charge in [0.05, 0.1) is 27.0 Å². The fourth-order valence-electron chi connectivity index (χ4n) is 4.56. The fourth-order valence-corrected chi connectivity index (χ4v) is 5.65. The second-order valence-electron chi connectivity index (χ2n) is 9.31. The predicted octanol–water partition coefficient (Wildman–Crippen LogP) is 5.95. The van der Waals surface area contributed by atoms with E-state index < -0.39 is 0 Å². The minimum absolute atomic E-state index is 0.0295. The van der Waals surface area contributed by atoms with Crippen LogP contribution in [0.1, 0.15) is 41.0 Å². The minimum Gasteiger partial charge on any atom is -0.457 e. The molecule has 0 saturated heterocycles. The van der Waals surface area contributed by atoms with Crippen molar-refractivity contribution in [2.24, 2.45) is 5.92 Å². The van der Waals surface area contributed by atoms with E-state index in [1.165, 1.54) is 6.42 Å². The van der Waals surface area contributed by atoms with Crippen LogP contribution in [0.4, 0.5) is 0 Å². The first-order valence-electron chi connectivity index (χ1n) is 12.0. The van der Waals surface area contributed by atoms with Crippen LogP contribution in [-0.4, -0.2) is 46.1 Å². The third-order valence-corrected chi connectivity index (χ3v) is 7.55. The maximum Gasteiger partial charge on any atom is 0.253 e. The number of ether oxygens (including phenoxy) is 1. The molecule has 35 heavy (non-hydrogen) atoms. The van der Waals surface area contributed by atoms with Gasteiger partial charge in [0.2, 0.25) is 0 Å². The summed E-state index contributed by atoms with van der Waals surface area (Å²) in [6, 6.07) is 17.1. The number of fused-ring (bicyclic) bond motifs is 1. The molecule has 2 aromatic heterocycles. The first-order valence-corrected chi connectivity index (χ1v) is 12.8. The number of pyridine rings is 1. The van der Waals surface area contributed by atoms with E-state index in [1.54, 1.807) is 36.5 Å². The van der Waals surface area contributed by atoms with Gasteiger partial charge >= 0.3 is 0 Å². The molecule has 1 saturated carbocycles. The maximum atomic E-state index is 12.1. The van der Waals surface area contributed by atoms with Crippen molar-refractivity contribution in [3.05, 3.63) is 71.4 Å². The van der Waals surface area contributed by atoms with Crippen LogP contribution in [-0.2, 0) is 6.42 Å². The third-order valence-electron chi connectivity index (χ3n) is 6.51. The van der Waals surface area contributed by atoms with Gasteiger partial charge in [0.15, 0.2) is 0 Å². The molecule has 5 rings (SSSR count). The zero-order chi connectivity index (χ0) is 24.4. The van der Waals surface area contributed by atoms with Crippen LogP contribution in [0, 0.1) is 5.92 Å². The highest BCUT2D eigenvalue weighted by atomic mass is 32.1. The van der Waals surface area contributed by atoms with Crippen molar-refractivity contribution in [2.45, 2.75) is 38.2 Å². The van der Waals surface area contributed by atoms with E-state index in [9.17, 15) is 9.90 Å². The molecule has 0 aliphatic heterocycles. The smallest absolute Gasteiger partial charge is 0.253 e. The normalized spacial score (nSPS) is 17.9. The van der Waals surface area contributed by atoms with Crippen LogP contribution in [0.2, 0.25) is 0 Å². The van der Waals surface area contributed by atoms with Gasteiger partial charge in [-0.15, -0.1) is 11.3 Å². The molecule has 0 spiro atoms. The number of nitrogens with zero attached hydrogens (tertiary/aromatic N) is 3. The molecule has 1 aliphatic carbocycles. The molecule has 1 amide bonds. The Bertz CT molecular complexity index is 1330. The summed E-state index contributed by atoms with van der Waals surface area (Å²) in [5.74, 6) is 1.72. The van der Waals surface area contributed by atoms with E-state index in [2.05, 4.69) is 4.98 Å². The maximum absolute atomic E-state index is 12.1. The topological polar surface area (TPSA) is 75.6 Å². The number of rotatable bonds is 6. The Morgan fingerprint density at radius 1 is 1.06 bits per heavy atom. The molecular weight excluding hydrogens is 458 g/mol. The quantitative estimate of drug-likeness (QED) is 0.364. The third kappa shape index (κ3) is 5.36. The number of benzene rings is 2. The Kier molecular flexibility index (Phi) is 6.79. The zero-order valence-electron chi connectivity index (χ0n) is 20.0. The lowest BCUT2D eigenvalue weighted by atomic mass is 9.84. The first-order chi connectivity index (χ1) is 17.0. The number of carbonyl (C=O) groups excluding carboxylic acids is 1. The summed E-state index contributed by atoms with van der Waals surface area (Å²) >= 11 is 1.68. The van der Waals surface area contributed by atoms with Gasteiger partial charge in [-0.05, 0) is 49.1 Å². The summed E-state index contributed by atoms with van der Waals surface area (Å²) in [6.07, 6.45) is 6.64. The Morgan fingerprint density at radius 2 is 1.83 bits per heavy atom. The Labute approximate surface area is 209 Å². The van der Waals surface area contributed by atoms with Crippen molar-refractivity contribution in [1.29, 1.82) is 0 Å². The van der Waals surface area contributed by atoms with E-state index in [4.69, 9.17) is 9.72 Å². The Hall–Kier alpha value is -3.29. The summed E-state index contributed by atoms with van der Waals surface area (Å²) in [4.78, 5) is 23.0. The SMILES string of the molecule is CN(C)C(=O)c1ccc(-c2cc(Oc3ccc4nc(C[C@@H]5CCCC[C@H]5O)sc4c3)ccn2)cc1. The number of hydrogen-bond acceptors (Lipinski definition) is 6. The van der Waals surface area contributed by atoms with Crippen molar-refractivity contribution >= 4 is 27.5 Å². The number of aliphatic hydroxyl groups excluding tert-OH is 1. The lowest BCUT2D eigenvalue weighted by Crippen LogP contribution is -2.26. The number of thiazole rings is 1. The largest absolute Gasteiger partial charge is 0.457 e. The summed E-state index contributed by atoms with van der Waals surface area (Å²) in [5.41, 5.74) is 3.29. The van der Waals surface area contributed by atoms with E-state index in [-0.39, 0.29) is 12.0 Å². The number of carbonyl (C=O) groups is 1. The molecule has 0 unspecified atom stereocenters. The van der Waals surface area contributed by atoms with Crippen LogP contribution in [0.5, 0.6) is 11.5 Å². The highest BCUT2D eigenvalue weighted by Gasteiger charge is 2.24. The standard InChI is InChI=1S/C28H29N3O3S/c1-31(2)28(33)19-9-7-18(8-10-19)24-16-22(13-14-29-24)34-21-11-12-23-26(17-21)35-27(30-23)15-20-5-3-4-6-25(20)32/h7-14,16-17,20,25,32H,3-6,15H2,1-2H3/t20-,25+/m0/s1. The molecule has 2 aromatic carbocycles. The summed E-state index contributed by atoms with van der Waals surface area (Å²) in [7, 11) is 3.48. The van der Waals surface area contributed by atoms with Gasteiger partial charge in [-0.2, -0.15) is 0 Å². The summed E-state index contributed by atoms with van der Waals surface area (Å²) in [6.45, 7) is 0. The molecule has 2 heterocycles. The molecule has 6 nitrogen and oxygen atoms in total. The van der Waals surface area contributed by atoms with Crippen molar-refractivity contribution < 1.29 is 14.6 Å².